The normalized spacial score (nSPS) is 12.1. The molecular weight excluding hydrogens is 1010 g/mol. The van der Waals surface area contributed by atoms with Crippen LogP contribution in [0.3, 0.4) is 0 Å². The van der Waals surface area contributed by atoms with Crippen LogP contribution in [0.1, 0.15) is 425 Å². The fraction of sp³-hybridized carbons (Fsp3) is 0.908. The standard InChI is InChI=1S/C76H144O6/c1-4-7-10-13-16-19-22-24-26-28-30-32-34-36-38-40-42-44-46-48-50-52-54-57-60-63-66-69-75(78)81-72-73(71-80-74(77)68-65-62-59-56-21-18-15-12-9-6-3)82-76(79)70-67-64-61-58-55-53-51-49-47-45-43-41-39-37-35-33-31-29-27-25-23-20-17-14-11-8-5-2/h28-31,73H,4-27,32-72H2,1-3H3/b30-28-,31-29-. The maximum Gasteiger partial charge on any atom is 0.306 e. The van der Waals surface area contributed by atoms with Crippen molar-refractivity contribution in [3.05, 3.63) is 24.3 Å². The number of carbonyl (C=O) groups is 3. The first-order chi connectivity index (χ1) is 40.5. The Morgan fingerprint density at radius 3 is 0.610 bits per heavy atom. The van der Waals surface area contributed by atoms with Gasteiger partial charge in [0.15, 0.2) is 6.10 Å². The zero-order valence-corrected chi connectivity index (χ0v) is 55.8. The molecule has 6 heteroatoms. The first-order valence-corrected chi connectivity index (χ1v) is 37.3. The lowest BCUT2D eigenvalue weighted by atomic mass is 10.0. The van der Waals surface area contributed by atoms with Gasteiger partial charge in [0.2, 0.25) is 0 Å². The minimum absolute atomic E-state index is 0.0645. The lowest BCUT2D eigenvalue weighted by Gasteiger charge is -2.18. The Bertz CT molecular complexity index is 1320. The summed E-state index contributed by atoms with van der Waals surface area (Å²) < 4.78 is 17.0. The average molecular weight is 1150 g/mol. The second-order valence-corrected chi connectivity index (χ2v) is 25.6. The van der Waals surface area contributed by atoms with E-state index in [-0.39, 0.29) is 31.1 Å². The average Bonchev–Trinajstić information content (AvgIpc) is 3.48. The molecule has 0 aromatic carbocycles. The summed E-state index contributed by atoms with van der Waals surface area (Å²) in [5.41, 5.74) is 0. The molecule has 0 rings (SSSR count). The zero-order valence-electron chi connectivity index (χ0n) is 55.8. The van der Waals surface area contributed by atoms with E-state index in [2.05, 4.69) is 45.1 Å². The molecule has 0 saturated heterocycles. The Labute approximate surface area is 513 Å². The molecule has 82 heavy (non-hydrogen) atoms. The van der Waals surface area contributed by atoms with E-state index in [0.717, 1.165) is 57.8 Å². The molecule has 0 aromatic heterocycles. The molecule has 0 spiro atoms. The van der Waals surface area contributed by atoms with E-state index in [4.69, 9.17) is 14.2 Å². The third kappa shape index (κ3) is 68.7. The van der Waals surface area contributed by atoms with E-state index < -0.39 is 6.10 Å². The summed E-state index contributed by atoms with van der Waals surface area (Å²) in [5, 5.41) is 0. The molecule has 0 aliphatic heterocycles. The van der Waals surface area contributed by atoms with Crippen molar-refractivity contribution in [3.8, 4) is 0 Å². The van der Waals surface area contributed by atoms with E-state index in [0.29, 0.717) is 19.3 Å². The second kappa shape index (κ2) is 71.4. The number of allylic oxidation sites excluding steroid dienone is 4. The van der Waals surface area contributed by atoms with Crippen LogP contribution in [-0.2, 0) is 28.6 Å². The molecule has 0 saturated carbocycles. The minimum atomic E-state index is -0.767. The summed E-state index contributed by atoms with van der Waals surface area (Å²) in [5.74, 6) is -0.833. The van der Waals surface area contributed by atoms with Crippen LogP contribution in [-0.4, -0.2) is 37.2 Å². The summed E-state index contributed by atoms with van der Waals surface area (Å²) in [6, 6.07) is 0. The molecule has 0 heterocycles. The van der Waals surface area contributed by atoms with Crippen molar-refractivity contribution < 1.29 is 28.6 Å². The minimum Gasteiger partial charge on any atom is -0.462 e. The Morgan fingerprint density at radius 1 is 0.232 bits per heavy atom. The third-order valence-corrected chi connectivity index (χ3v) is 17.2. The molecule has 0 aromatic rings. The molecule has 0 bridgehead atoms. The van der Waals surface area contributed by atoms with Crippen LogP contribution in [0, 0.1) is 0 Å². The highest BCUT2D eigenvalue weighted by atomic mass is 16.6. The van der Waals surface area contributed by atoms with Gasteiger partial charge in [-0.1, -0.05) is 360 Å². The van der Waals surface area contributed by atoms with Crippen LogP contribution < -0.4 is 0 Å². The van der Waals surface area contributed by atoms with Gasteiger partial charge < -0.3 is 14.2 Å². The van der Waals surface area contributed by atoms with E-state index in [1.807, 2.05) is 0 Å². The van der Waals surface area contributed by atoms with Crippen molar-refractivity contribution in [1.29, 1.82) is 0 Å². The van der Waals surface area contributed by atoms with Crippen LogP contribution >= 0.6 is 0 Å². The highest BCUT2D eigenvalue weighted by molar-refractivity contribution is 5.71. The van der Waals surface area contributed by atoms with Gasteiger partial charge in [-0.05, 0) is 70.6 Å². The zero-order chi connectivity index (χ0) is 59.2. The monoisotopic (exact) mass is 1150 g/mol. The third-order valence-electron chi connectivity index (χ3n) is 17.2. The molecule has 0 N–H and O–H groups in total. The van der Waals surface area contributed by atoms with Crippen molar-refractivity contribution in [2.75, 3.05) is 13.2 Å². The van der Waals surface area contributed by atoms with Crippen molar-refractivity contribution in [2.45, 2.75) is 431 Å². The fourth-order valence-electron chi connectivity index (χ4n) is 11.6. The lowest BCUT2D eigenvalue weighted by molar-refractivity contribution is -0.167. The van der Waals surface area contributed by atoms with Gasteiger partial charge in [0.05, 0.1) is 0 Å². The molecule has 0 radical (unpaired) electrons. The molecule has 0 aliphatic rings. The first-order valence-electron chi connectivity index (χ1n) is 37.3. The Kier molecular flexibility index (Phi) is 69.5. The molecule has 484 valence electrons. The predicted molar refractivity (Wildman–Crippen MR) is 358 cm³/mol. The highest BCUT2D eigenvalue weighted by Gasteiger charge is 2.20. The lowest BCUT2D eigenvalue weighted by Crippen LogP contribution is -2.30. The summed E-state index contributed by atoms with van der Waals surface area (Å²) >= 11 is 0. The van der Waals surface area contributed by atoms with Crippen LogP contribution in [0.25, 0.3) is 0 Å². The number of hydrogen-bond donors (Lipinski definition) is 0. The van der Waals surface area contributed by atoms with Gasteiger partial charge in [-0.15, -0.1) is 0 Å². The molecular formula is C76H144O6. The highest BCUT2D eigenvalue weighted by Crippen LogP contribution is 2.19. The molecule has 0 fully saturated rings. The number of esters is 3. The Morgan fingerprint density at radius 2 is 0.402 bits per heavy atom. The van der Waals surface area contributed by atoms with Gasteiger partial charge in [0.1, 0.15) is 13.2 Å². The maximum absolute atomic E-state index is 13.0. The van der Waals surface area contributed by atoms with Crippen LogP contribution in [0.15, 0.2) is 24.3 Å². The first kappa shape index (κ1) is 79.9. The van der Waals surface area contributed by atoms with E-state index >= 15 is 0 Å². The SMILES string of the molecule is CCCCCCCCCC/C=C\CCCCCCCCCCCCCCCCCC(=O)OCC(COC(=O)CCCCCCCCCCCC)OC(=O)CCCCCCCCCCCCCCCCC/C=C\CCCCCCCCCC. The quantitative estimate of drug-likeness (QED) is 0.0261. The summed E-state index contributed by atoms with van der Waals surface area (Å²) in [6.07, 6.45) is 88.1. The number of ether oxygens (including phenoxy) is 3. The Balaban J connectivity index is 4.10. The molecule has 1 atom stereocenters. The summed E-state index contributed by atoms with van der Waals surface area (Å²) in [7, 11) is 0. The summed E-state index contributed by atoms with van der Waals surface area (Å²) in [6.45, 7) is 6.71. The topological polar surface area (TPSA) is 78.9 Å². The maximum atomic E-state index is 13.0. The van der Waals surface area contributed by atoms with Crippen molar-refractivity contribution in [2.24, 2.45) is 0 Å². The van der Waals surface area contributed by atoms with Crippen molar-refractivity contribution in [1.82, 2.24) is 0 Å². The number of rotatable bonds is 70. The van der Waals surface area contributed by atoms with Crippen LogP contribution in [0.5, 0.6) is 0 Å². The number of hydrogen-bond acceptors (Lipinski definition) is 6. The second-order valence-electron chi connectivity index (χ2n) is 25.6. The van der Waals surface area contributed by atoms with Gasteiger partial charge in [-0.2, -0.15) is 0 Å². The van der Waals surface area contributed by atoms with Gasteiger partial charge in [0.25, 0.3) is 0 Å². The number of unbranched alkanes of at least 4 members (excludes halogenated alkanes) is 55. The van der Waals surface area contributed by atoms with Gasteiger partial charge >= 0.3 is 17.9 Å². The van der Waals surface area contributed by atoms with E-state index in [1.165, 1.54) is 327 Å². The molecule has 0 aliphatic carbocycles. The van der Waals surface area contributed by atoms with Crippen molar-refractivity contribution in [3.63, 3.8) is 0 Å². The van der Waals surface area contributed by atoms with Gasteiger partial charge in [-0.25, -0.2) is 0 Å². The smallest absolute Gasteiger partial charge is 0.306 e. The predicted octanol–water partition coefficient (Wildman–Crippen LogP) is 25.7. The van der Waals surface area contributed by atoms with Gasteiger partial charge in [0, 0.05) is 19.3 Å². The molecule has 0 amide bonds. The Hall–Kier alpha value is -2.11. The molecule has 1 unspecified atom stereocenters. The van der Waals surface area contributed by atoms with Crippen molar-refractivity contribution >= 4 is 17.9 Å². The van der Waals surface area contributed by atoms with Crippen LogP contribution in [0.4, 0.5) is 0 Å². The largest absolute Gasteiger partial charge is 0.462 e. The van der Waals surface area contributed by atoms with Crippen LogP contribution in [0.2, 0.25) is 0 Å². The van der Waals surface area contributed by atoms with E-state index in [1.54, 1.807) is 0 Å². The summed E-state index contributed by atoms with van der Waals surface area (Å²) in [4.78, 5) is 38.4. The number of carbonyl (C=O) groups excluding carboxylic acids is 3. The van der Waals surface area contributed by atoms with Gasteiger partial charge in [-0.3, -0.25) is 14.4 Å². The molecule has 6 nitrogen and oxygen atoms in total. The fourth-order valence-corrected chi connectivity index (χ4v) is 11.6. The van der Waals surface area contributed by atoms with E-state index in [9.17, 15) is 14.4 Å².